The Bertz CT molecular complexity index is 599. The fourth-order valence-electron chi connectivity index (χ4n) is 3.30. The van der Waals surface area contributed by atoms with E-state index in [1.165, 1.54) is 5.56 Å². The van der Waals surface area contributed by atoms with Crippen molar-refractivity contribution in [3.05, 3.63) is 35.4 Å². The van der Waals surface area contributed by atoms with E-state index in [-0.39, 0.29) is 5.92 Å². The Hall–Kier alpha value is -1.84. The van der Waals surface area contributed by atoms with Crippen LogP contribution in [0.2, 0.25) is 0 Å². The van der Waals surface area contributed by atoms with Crippen molar-refractivity contribution < 1.29 is 19.8 Å². The molecule has 1 rings (SSSR count). The van der Waals surface area contributed by atoms with Gasteiger partial charge in [-0.25, -0.2) is 0 Å². The number of aliphatic carboxylic acids is 2. The molecule has 1 aromatic carbocycles. The monoisotopic (exact) mass is 362 g/mol. The van der Waals surface area contributed by atoms with Gasteiger partial charge in [0.25, 0.3) is 0 Å². The summed E-state index contributed by atoms with van der Waals surface area (Å²) in [6.45, 7) is 9.21. The number of aryl methyl sites for hydroxylation is 1. The first-order chi connectivity index (χ1) is 12.0. The molecule has 0 bridgehead atoms. The fraction of sp³-hybridized carbons (Fsp3) is 0.636. The van der Waals surface area contributed by atoms with E-state index in [0.29, 0.717) is 6.42 Å². The summed E-state index contributed by atoms with van der Waals surface area (Å²) in [7, 11) is 0. The summed E-state index contributed by atoms with van der Waals surface area (Å²) < 4.78 is 0. The van der Waals surface area contributed by atoms with Crippen LogP contribution < -0.4 is 0 Å². The Kier molecular flexibility index (Phi) is 7.86. The molecule has 0 heterocycles. The summed E-state index contributed by atoms with van der Waals surface area (Å²) in [6, 6.07) is 8.28. The summed E-state index contributed by atoms with van der Waals surface area (Å²) in [5.41, 5.74) is 0.833. The molecule has 0 aliphatic heterocycles. The van der Waals surface area contributed by atoms with Crippen LogP contribution >= 0.6 is 0 Å². The predicted octanol–water partition coefficient (Wildman–Crippen LogP) is 5.50. The zero-order valence-corrected chi connectivity index (χ0v) is 16.8. The van der Waals surface area contributed by atoms with Gasteiger partial charge >= 0.3 is 11.9 Å². The molecule has 26 heavy (non-hydrogen) atoms. The highest BCUT2D eigenvalue weighted by molar-refractivity contribution is 5.75. The second kappa shape index (κ2) is 9.20. The molecular formula is C22H34O4. The maximum atomic E-state index is 11.6. The molecule has 0 saturated carbocycles. The van der Waals surface area contributed by atoms with E-state index in [9.17, 15) is 14.7 Å². The lowest BCUT2D eigenvalue weighted by Crippen LogP contribution is -2.31. The number of hydrogen-bond donors (Lipinski definition) is 2. The average Bonchev–Trinajstić information content (AvgIpc) is 2.57. The van der Waals surface area contributed by atoms with E-state index < -0.39 is 22.8 Å². The van der Waals surface area contributed by atoms with Crippen LogP contribution in [0.4, 0.5) is 0 Å². The maximum absolute atomic E-state index is 11.6. The number of unbranched alkanes of at least 4 members (excludes halogenated alkanes) is 1. The van der Waals surface area contributed by atoms with Gasteiger partial charge in [0.1, 0.15) is 0 Å². The standard InChI is InChI=1S/C22H34O4/c1-6-9-18(22(4,5)20(25)26)17-13-11-16(12-14-17)10-7-8-15-21(2,3)19(23)24/h11-14,18H,6-10,15H2,1-5H3,(H,23,24)(H,25,26). The van der Waals surface area contributed by atoms with Gasteiger partial charge in [-0.05, 0) is 70.4 Å². The lowest BCUT2D eigenvalue weighted by molar-refractivity contribution is -0.148. The van der Waals surface area contributed by atoms with Crippen molar-refractivity contribution in [1.29, 1.82) is 0 Å². The van der Waals surface area contributed by atoms with E-state index in [0.717, 1.165) is 37.7 Å². The molecule has 146 valence electrons. The van der Waals surface area contributed by atoms with Crippen LogP contribution in [-0.4, -0.2) is 22.2 Å². The van der Waals surface area contributed by atoms with Gasteiger partial charge in [0, 0.05) is 0 Å². The van der Waals surface area contributed by atoms with Gasteiger partial charge in [-0.3, -0.25) is 9.59 Å². The molecule has 1 atom stereocenters. The lowest BCUT2D eigenvalue weighted by atomic mass is 9.72. The molecular weight excluding hydrogens is 328 g/mol. The second-order valence-electron chi connectivity index (χ2n) is 8.51. The van der Waals surface area contributed by atoms with Gasteiger partial charge in [-0.1, -0.05) is 44.0 Å². The van der Waals surface area contributed by atoms with Crippen LogP contribution in [0.25, 0.3) is 0 Å². The van der Waals surface area contributed by atoms with Gasteiger partial charge in [0.15, 0.2) is 0 Å². The Morgan fingerprint density at radius 1 is 0.962 bits per heavy atom. The predicted molar refractivity (Wildman–Crippen MR) is 104 cm³/mol. The van der Waals surface area contributed by atoms with Crippen LogP contribution in [0.5, 0.6) is 0 Å². The van der Waals surface area contributed by atoms with Crippen LogP contribution in [0.15, 0.2) is 24.3 Å². The van der Waals surface area contributed by atoms with Crippen molar-refractivity contribution in [1.82, 2.24) is 0 Å². The molecule has 0 amide bonds. The summed E-state index contributed by atoms with van der Waals surface area (Å²) in [4.78, 5) is 22.8. The number of carboxylic acid groups (broad SMARTS) is 2. The molecule has 1 aromatic rings. The number of rotatable bonds is 11. The lowest BCUT2D eigenvalue weighted by Gasteiger charge is -2.31. The quantitative estimate of drug-likeness (QED) is 0.509. The molecule has 4 heteroatoms. The number of benzene rings is 1. The third-order valence-electron chi connectivity index (χ3n) is 5.48. The summed E-state index contributed by atoms with van der Waals surface area (Å²) in [5.74, 6) is -1.51. The highest BCUT2D eigenvalue weighted by Crippen LogP contribution is 2.39. The second-order valence-corrected chi connectivity index (χ2v) is 8.51. The van der Waals surface area contributed by atoms with Crippen molar-refractivity contribution in [2.75, 3.05) is 0 Å². The molecule has 0 aromatic heterocycles. The Morgan fingerprint density at radius 3 is 2.00 bits per heavy atom. The number of carboxylic acids is 2. The summed E-state index contributed by atoms with van der Waals surface area (Å²) in [6.07, 6.45) is 5.22. The first-order valence-electron chi connectivity index (χ1n) is 9.58. The van der Waals surface area contributed by atoms with Gasteiger partial charge < -0.3 is 10.2 Å². The molecule has 4 nitrogen and oxygen atoms in total. The van der Waals surface area contributed by atoms with Crippen molar-refractivity contribution in [3.8, 4) is 0 Å². The normalized spacial score (nSPS) is 13.4. The van der Waals surface area contributed by atoms with Gasteiger partial charge in [-0.2, -0.15) is 0 Å². The molecule has 0 saturated heterocycles. The topological polar surface area (TPSA) is 74.6 Å². The number of hydrogen-bond acceptors (Lipinski definition) is 2. The highest BCUT2D eigenvalue weighted by Gasteiger charge is 2.37. The van der Waals surface area contributed by atoms with Crippen molar-refractivity contribution in [2.45, 2.75) is 79.1 Å². The zero-order chi connectivity index (χ0) is 20.0. The molecule has 0 spiro atoms. The van der Waals surface area contributed by atoms with Gasteiger partial charge in [-0.15, -0.1) is 0 Å². The molecule has 2 N–H and O–H groups in total. The third-order valence-corrected chi connectivity index (χ3v) is 5.48. The smallest absolute Gasteiger partial charge is 0.309 e. The van der Waals surface area contributed by atoms with Gasteiger partial charge in [0.05, 0.1) is 10.8 Å². The first kappa shape index (κ1) is 22.2. The maximum Gasteiger partial charge on any atom is 0.309 e. The minimum Gasteiger partial charge on any atom is -0.481 e. The fourth-order valence-corrected chi connectivity index (χ4v) is 3.30. The Labute approximate surface area is 157 Å². The van der Waals surface area contributed by atoms with Gasteiger partial charge in [0.2, 0.25) is 0 Å². The number of carbonyl (C=O) groups is 2. The first-order valence-corrected chi connectivity index (χ1v) is 9.58. The van der Waals surface area contributed by atoms with E-state index in [1.54, 1.807) is 27.7 Å². The van der Waals surface area contributed by atoms with Crippen LogP contribution in [0, 0.1) is 10.8 Å². The zero-order valence-electron chi connectivity index (χ0n) is 16.8. The van der Waals surface area contributed by atoms with Crippen LogP contribution in [0.1, 0.15) is 83.8 Å². The van der Waals surface area contributed by atoms with E-state index >= 15 is 0 Å². The molecule has 0 radical (unpaired) electrons. The average molecular weight is 363 g/mol. The van der Waals surface area contributed by atoms with Crippen LogP contribution in [-0.2, 0) is 16.0 Å². The molecule has 0 fully saturated rings. The highest BCUT2D eigenvalue weighted by atomic mass is 16.4. The molecule has 1 unspecified atom stereocenters. The minimum atomic E-state index is -0.792. The largest absolute Gasteiger partial charge is 0.481 e. The van der Waals surface area contributed by atoms with Crippen LogP contribution in [0.3, 0.4) is 0 Å². The molecule has 0 aliphatic rings. The molecule has 0 aliphatic carbocycles. The van der Waals surface area contributed by atoms with Crippen molar-refractivity contribution in [3.63, 3.8) is 0 Å². The Balaban J connectivity index is 2.69. The summed E-state index contributed by atoms with van der Waals surface area (Å²) >= 11 is 0. The third kappa shape index (κ3) is 5.86. The SMILES string of the molecule is CCCC(c1ccc(CCCCC(C)(C)C(=O)O)cc1)C(C)(C)C(=O)O. The minimum absolute atomic E-state index is 0.00424. The Morgan fingerprint density at radius 2 is 1.54 bits per heavy atom. The van der Waals surface area contributed by atoms with E-state index in [4.69, 9.17) is 5.11 Å². The van der Waals surface area contributed by atoms with Crippen molar-refractivity contribution >= 4 is 11.9 Å². The van der Waals surface area contributed by atoms with E-state index in [2.05, 4.69) is 31.2 Å². The summed E-state index contributed by atoms with van der Waals surface area (Å²) in [5, 5.41) is 18.7. The van der Waals surface area contributed by atoms with Crippen molar-refractivity contribution in [2.24, 2.45) is 10.8 Å². The van der Waals surface area contributed by atoms with E-state index in [1.807, 2.05) is 0 Å².